The van der Waals surface area contributed by atoms with Crippen LogP contribution < -0.4 is 5.32 Å². The van der Waals surface area contributed by atoms with Crippen LogP contribution in [0.3, 0.4) is 0 Å². The molecular weight excluding hydrogens is 481 g/mol. The Morgan fingerprint density at radius 3 is 2.39 bits per heavy atom. The minimum Gasteiger partial charge on any atom is -0.382 e. The molecule has 0 bridgehead atoms. The number of nitrogens with one attached hydrogen (secondary N) is 1. The molecule has 1 unspecified atom stereocenters. The summed E-state index contributed by atoms with van der Waals surface area (Å²) in [6.45, 7) is 5.13. The second-order valence-corrected chi connectivity index (χ2v) is 9.42. The Morgan fingerprint density at radius 1 is 0.972 bits per heavy atom. The maximum Gasteiger partial charge on any atom is 0.159 e. The van der Waals surface area contributed by atoms with Crippen molar-refractivity contribution in [3.63, 3.8) is 0 Å². The normalized spacial score (nSPS) is 12.6. The Labute approximate surface area is 211 Å². The molecule has 5 rings (SSSR count). The quantitative estimate of drug-likeness (QED) is 0.317. The molecule has 0 amide bonds. The number of nitrogens with zero attached hydrogens (tertiary/aromatic N) is 6. The fourth-order valence-corrected chi connectivity index (χ4v) is 4.14. The summed E-state index contributed by atoms with van der Waals surface area (Å²) >= 11 is 6.56. The van der Waals surface area contributed by atoms with Crippen molar-refractivity contribution >= 4 is 28.2 Å². The third-order valence-electron chi connectivity index (χ3n) is 5.88. The minimum atomic E-state index is -1.13. The Bertz CT molecular complexity index is 1530. The number of rotatable bonds is 6. The number of anilines is 1. The van der Waals surface area contributed by atoms with Gasteiger partial charge in [0.2, 0.25) is 0 Å². The summed E-state index contributed by atoms with van der Waals surface area (Å²) in [5.74, 6) is -0.00490. The molecule has 0 saturated heterocycles. The number of benzene rings is 2. The molecule has 0 spiro atoms. The third-order valence-corrected chi connectivity index (χ3v) is 6.16. The van der Waals surface area contributed by atoms with E-state index in [9.17, 15) is 9.50 Å². The van der Waals surface area contributed by atoms with E-state index >= 15 is 0 Å². The van der Waals surface area contributed by atoms with E-state index in [-0.39, 0.29) is 5.82 Å². The predicted molar refractivity (Wildman–Crippen MR) is 136 cm³/mol. The fraction of sp³-hybridized carbons (Fsp3) is 0.192. The molecule has 2 N–H and O–H groups in total. The van der Waals surface area contributed by atoms with Crippen molar-refractivity contribution in [2.75, 3.05) is 5.32 Å². The number of fused-ring (bicyclic) bond motifs is 1. The molecule has 0 fully saturated rings. The molecule has 0 saturated carbocycles. The lowest BCUT2D eigenvalue weighted by Crippen LogP contribution is -2.19. The van der Waals surface area contributed by atoms with Gasteiger partial charge in [0.15, 0.2) is 5.82 Å². The van der Waals surface area contributed by atoms with Gasteiger partial charge in [0, 0.05) is 40.8 Å². The van der Waals surface area contributed by atoms with Crippen LogP contribution in [0.15, 0.2) is 67.6 Å². The molecule has 0 radical (unpaired) electrons. The highest BCUT2D eigenvalue weighted by molar-refractivity contribution is 6.34. The van der Waals surface area contributed by atoms with Crippen molar-refractivity contribution in [1.29, 1.82) is 0 Å². The van der Waals surface area contributed by atoms with Crippen molar-refractivity contribution < 1.29 is 9.50 Å². The molecule has 0 aliphatic heterocycles. The monoisotopic (exact) mass is 503 g/mol. The molecule has 1 atom stereocenters. The summed E-state index contributed by atoms with van der Waals surface area (Å²) in [5.41, 5.74) is 3.07. The van der Waals surface area contributed by atoms with Gasteiger partial charge in [-0.2, -0.15) is 0 Å². The maximum absolute atomic E-state index is 14.8. The van der Waals surface area contributed by atoms with E-state index < -0.39 is 11.6 Å². The van der Waals surface area contributed by atoms with Gasteiger partial charge in [0.05, 0.1) is 22.3 Å². The van der Waals surface area contributed by atoms with Crippen LogP contribution in [0.4, 0.5) is 10.1 Å². The molecule has 2 aromatic carbocycles. The second-order valence-electron chi connectivity index (χ2n) is 9.01. The molecule has 0 aliphatic rings. The molecule has 0 aliphatic carbocycles. The van der Waals surface area contributed by atoms with Crippen molar-refractivity contribution in [3.8, 4) is 16.8 Å². The van der Waals surface area contributed by atoms with Crippen LogP contribution in [0.5, 0.6) is 0 Å². The van der Waals surface area contributed by atoms with Gasteiger partial charge in [-0.05, 0) is 56.7 Å². The molecule has 5 aromatic rings. The number of hydrogen-bond donors (Lipinski definition) is 2. The maximum atomic E-state index is 14.8. The lowest BCUT2D eigenvalue weighted by Gasteiger charge is -2.20. The summed E-state index contributed by atoms with van der Waals surface area (Å²) in [6.07, 6.45) is 8.02. The largest absolute Gasteiger partial charge is 0.382 e. The van der Waals surface area contributed by atoms with Crippen molar-refractivity contribution in [3.05, 3.63) is 89.9 Å². The van der Waals surface area contributed by atoms with Crippen LogP contribution in [-0.2, 0) is 5.60 Å². The SMILES string of the molecule is CC(Nc1c(Cl)cnc2ccc(-c3cnc(C(C)(C)O)nc3)cc12)c1cc(-n2cnnc2)ccc1F. The summed E-state index contributed by atoms with van der Waals surface area (Å²) < 4.78 is 16.5. The standard InChI is InChI=1S/C26H23ClFN7O/c1-15(19-9-18(5-6-22(19)28)35-13-32-33-14-35)34-24-20-8-16(4-7-23(20)29-12-21(24)27)17-10-30-25(31-11-17)26(2,3)36/h4-15,36H,1-3H3,(H,29,34). The number of hydrogen-bond acceptors (Lipinski definition) is 7. The molecule has 182 valence electrons. The Morgan fingerprint density at radius 2 is 1.69 bits per heavy atom. The van der Waals surface area contributed by atoms with Crippen molar-refractivity contribution in [2.45, 2.75) is 32.4 Å². The first-order valence-electron chi connectivity index (χ1n) is 11.3. The number of halogens is 2. The minimum absolute atomic E-state index is 0.337. The van der Waals surface area contributed by atoms with E-state index in [0.717, 1.165) is 27.7 Å². The van der Waals surface area contributed by atoms with Crippen molar-refractivity contribution in [1.82, 2.24) is 29.7 Å². The van der Waals surface area contributed by atoms with Gasteiger partial charge < -0.3 is 10.4 Å². The van der Waals surface area contributed by atoms with Crippen LogP contribution in [0.1, 0.15) is 38.2 Å². The Balaban J connectivity index is 1.52. The molecule has 10 heteroatoms. The third kappa shape index (κ3) is 4.62. The highest BCUT2D eigenvalue weighted by atomic mass is 35.5. The summed E-state index contributed by atoms with van der Waals surface area (Å²) in [7, 11) is 0. The van der Waals surface area contributed by atoms with E-state index in [2.05, 4.69) is 30.5 Å². The van der Waals surface area contributed by atoms with Gasteiger partial charge in [-0.15, -0.1) is 10.2 Å². The van der Waals surface area contributed by atoms with Gasteiger partial charge in [0.1, 0.15) is 24.1 Å². The van der Waals surface area contributed by atoms with E-state index in [1.165, 1.54) is 6.07 Å². The van der Waals surface area contributed by atoms with Gasteiger partial charge in [-0.1, -0.05) is 17.7 Å². The predicted octanol–water partition coefficient (Wildman–Crippen LogP) is 5.47. The fourth-order valence-electron chi connectivity index (χ4n) is 3.94. The lowest BCUT2D eigenvalue weighted by molar-refractivity contribution is 0.0687. The molecule has 36 heavy (non-hydrogen) atoms. The average molecular weight is 504 g/mol. The van der Waals surface area contributed by atoms with Crippen LogP contribution in [0.25, 0.3) is 27.7 Å². The smallest absolute Gasteiger partial charge is 0.159 e. The topological polar surface area (TPSA) is 102 Å². The number of pyridine rings is 1. The van der Waals surface area contributed by atoms with E-state index in [1.807, 2.05) is 25.1 Å². The van der Waals surface area contributed by atoms with E-state index in [4.69, 9.17) is 11.6 Å². The van der Waals surface area contributed by atoms with Crippen LogP contribution in [0.2, 0.25) is 5.02 Å². The molecule has 3 heterocycles. The van der Waals surface area contributed by atoms with Crippen molar-refractivity contribution in [2.24, 2.45) is 0 Å². The average Bonchev–Trinajstić information content (AvgIpc) is 3.40. The van der Waals surface area contributed by atoms with E-state index in [0.29, 0.717) is 22.1 Å². The van der Waals surface area contributed by atoms with Crippen LogP contribution in [0, 0.1) is 5.82 Å². The first-order chi connectivity index (χ1) is 17.2. The first-order valence-corrected chi connectivity index (χ1v) is 11.6. The molecule has 8 nitrogen and oxygen atoms in total. The Kier molecular flexibility index (Phi) is 6.11. The van der Waals surface area contributed by atoms with Gasteiger partial charge in [0.25, 0.3) is 0 Å². The van der Waals surface area contributed by atoms with Gasteiger partial charge in [-0.25, -0.2) is 14.4 Å². The second kappa shape index (κ2) is 9.25. The van der Waals surface area contributed by atoms with Crippen LogP contribution >= 0.6 is 11.6 Å². The molecule has 3 aromatic heterocycles. The zero-order valence-corrected chi connectivity index (χ0v) is 20.6. The van der Waals surface area contributed by atoms with Gasteiger partial charge >= 0.3 is 0 Å². The lowest BCUT2D eigenvalue weighted by atomic mass is 10.0. The highest BCUT2D eigenvalue weighted by Gasteiger charge is 2.20. The zero-order valence-electron chi connectivity index (χ0n) is 19.8. The first kappa shape index (κ1) is 23.8. The highest BCUT2D eigenvalue weighted by Crippen LogP contribution is 2.35. The number of aliphatic hydroxyl groups is 1. The van der Waals surface area contributed by atoms with E-state index in [1.54, 1.807) is 61.8 Å². The Hall–Kier alpha value is -3.95. The number of aromatic nitrogens is 6. The van der Waals surface area contributed by atoms with Crippen LogP contribution in [-0.4, -0.2) is 34.8 Å². The summed E-state index contributed by atoms with van der Waals surface area (Å²) in [4.78, 5) is 13.0. The summed E-state index contributed by atoms with van der Waals surface area (Å²) in [5, 5.41) is 22.3. The molecular formula is C26H23ClFN7O. The zero-order chi connectivity index (χ0) is 25.4. The van der Waals surface area contributed by atoms with Gasteiger partial charge in [-0.3, -0.25) is 9.55 Å². The summed E-state index contributed by atoms with van der Waals surface area (Å²) in [6, 6.07) is 10.2.